The van der Waals surface area contributed by atoms with Crippen molar-refractivity contribution in [2.45, 2.75) is 41.7 Å². The third kappa shape index (κ3) is 4.86. The van der Waals surface area contributed by atoms with Crippen molar-refractivity contribution >= 4 is 45.1 Å². The first-order chi connectivity index (χ1) is 11.0. The standard InChI is InChI=1S/C12H14BrNO.C2ClF4OS/c13-10-5-3-9(4-6-10)12(11(14)15)7-1-2-8-12;3-1(4,5)2(6,7)9-8/h3-6H,1-2,7-8H2,(H2,14,15);/q;+1. The fourth-order valence-corrected chi connectivity index (χ4v) is 2.93. The summed E-state index contributed by atoms with van der Waals surface area (Å²) < 4.78 is 55.7. The lowest BCUT2D eigenvalue weighted by atomic mass is 9.78. The molecule has 1 amide bonds. The predicted molar refractivity (Wildman–Crippen MR) is 87.3 cm³/mol. The molecule has 1 aliphatic carbocycles. The molecule has 1 aliphatic rings. The van der Waals surface area contributed by atoms with E-state index in [9.17, 15) is 26.6 Å². The molecule has 1 aromatic rings. The molecule has 2 N–H and O–H groups in total. The van der Waals surface area contributed by atoms with Crippen LogP contribution in [0.1, 0.15) is 31.2 Å². The van der Waals surface area contributed by atoms with E-state index in [4.69, 9.17) is 5.73 Å². The molecule has 0 spiro atoms. The van der Waals surface area contributed by atoms with Gasteiger partial charge in [-0.2, -0.15) is 8.78 Å². The van der Waals surface area contributed by atoms with Crippen LogP contribution in [0.5, 0.6) is 0 Å². The van der Waals surface area contributed by atoms with Gasteiger partial charge in [0.25, 0.3) is 0 Å². The summed E-state index contributed by atoms with van der Waals surface area (Å²) in [4.78, 5) is 11.6. The maximum absolute atomic E-state index is 11.6. The third-order valence-electron chi connectivity index (χ3n) is 3.76. The van der Waals surface area contributed by atoms with Crippen molar-refractivity contribution in [1.29, 1.82) is 0 Å². The zero-order chi connectivity index (χ0) is 18.6. The van der Waals surface area contributed by atoms with Crippen molar-refractivity contribution in [3.63, 3.8) is 0 Å². The van der Waals surface area contributed by atoms with Crippen LogP contribution in [-0.4, -0.2) is 16.5 Å². The second kappa shape index (κ2) is 8.05. The number of primary amides is 1. The molecule has 0 unspecified atom stereocenters. The molecule has 0 aromatic heterocycles. The number of rotatable bonds is 4. The Hall–Kier alpha value is -0.800. The molecule has 1 aromatic carbocycles. The highest BCUT2D eigenvalue weighted by atomic mass is 79.9. The van der Waals surface area contributed by atoms with Crippen LogP contribution in [-0.2, 0) is 26.1 Å². The number of hydrogen-bond acceptors (Lipinski definition) is 2. The number of carbonyl (C=O) groups is 1. The summed E-state index contributed by atoms with van der Waals surface area (Å²) in [5, 5.41) is -9.49. The zero-order valence-electron chi connectivity index (χ0n) is 12.2. The predicted octanol–water partition coefficient (Wildman–Crippen LogP) is 4.59. The van der Waals surface area contributed by atoms with Gasteiger partial charge < -0.3 is 5.73 Å². The average molecular weight is 452 g/mol. The summed E-state index contributed by atoms with van der Waals surface area (Å²) in [6, 6.07) is 7.94. The summed E-state index contributed by atoms with van der Waals surface area (Å²) in [6.07, 6.45) is 3.98. The zero-order valence-corrected chi connectivity index (χ0v) is 15.4. The minimum Gasteiger partial charge on any atom is -0.369 e. The second-order valence-corrected chi connectivity index (χ2v) is 7.33. The second-order valence-electron chi connectivity index (χ2n) is 5.26. The summed E-state index contributed by atoms with van der Waals surface area (Å²) >= 11 is 5.68. The lowest BCUT2D eigenvalue weighted by Crippen LogP contribution is -2.38. The quantitative estimate of drug-likeness (QED) is 0.414. The van der Waals surface area contributed by atoms with E-state index in [1.165, 1.54) is 0 Å². The van der Waals surface area contributed by atoms with Crippen LogP contribution in [0.2, 0.25) is 0 Å². The SMILES string of the molecule is NC(=O)C1(c2ccc(Br)cc2)CCCC1.O=[S+]C(F)(F)C(F)(F)Cl. The van der Waals surface area contributed by atoms with Crippen molar-refractivity contribution in [3.8, 4) is 0 Å². The summed E-state index contributed by atoms with van der Waals surface area (Å²) in [6.45, 7) is 0. The molecule has 1 fully saturated rings. The van der Waals surface area contributed by atoms with E-state index in [1.54, 1.807) is 0 Å². The number of nitrogens with two attached hydrogens (primary N) is 1. The van der Waals surface area contributed by atoms with Crippen LogP contribution in [0.25, 0.3) is 0 Å². The molecular formula is C14H14BrClF4NO2S+. The van der Waals surface area contributed by atoms with Gasteiger partial charge in [0.2, 0.25) is 5.91 Å². The van der Waals surface area contributed by atoms with Crippen LogP contribution in [0.15, 0.2) is 28.7 Å². The summed E-state index contributed by atoms with van der Waals surface area (Å²) in [5.41, 5.74) is 6.22. The van der Waals surface area contributed by atoms with Crippen molar-refractivity contribution in [1.82, 2.24) is 0 Å². The van der Waals surface area contributed by atoms with E-state index in [0.717, 1.165) is 35.7 Å². The molecule has 1 saturated carbocycles. The van der Waals surface area contributed by atoms with Crippen LogP contribution in [0.4, 0.5) is 17.6 Å². The van der Waals surface area contributed by atoms with Gasteiger partial charge in [-0.25, -0.2) is 0 Å². The Labute approximate surface area is 153 Å². The van der Waals surface area contributed by atoms with Crippen molar-refractivity contribution in [2.24, 2.45) is 5.73 Å². The first kappa shape index (κ1) is 21.2. The van der Waals surface area contributed by atoms with Crippen molar-refractivity contribution in [2.75, 3.05) is 0 Å². The first-order valence-corrected chi connectivity index (χ1v) is 8.69. The number of alkyl halides is 5. The van der Waals surface area contributed by atoms with E-state index in [-0.39, 0.29) is 5.91 Å². The number of halogens is 6. The van der Waals surface area contributed by atoms with Crippen LogP contribution in [0.3, 0.4) is 0 Å². The molecule has 10 heteroatoms. The van der Waals surface area contributed by atoms with Gasteiger partial charge in [-0.05, 0) is 42.1 Å². The summed E-state index contributed by atoms with van der Waals surface area (Å²) in [7, 11) is 0. The summed E-state index contributed by atoms with van der Waals surface area (Å²) in [5.74, 6) is -0.178. The van der Waals surface area contributed by atoms with Gasteiger partial charge in [-0.1, -0.05) is 40.9 Å². The van der Waals surface area contributed by atoms with E-state index in [0.29, 0.717) is 0 Å². The lowest BCUT2D eigenvalue weighted by molar-refractivity contribution is -0.123. The molecule has 0 heterocycles. The molecule has 0 saturated heterocycles. The van der Waals surface area contributed by atoms with E-state index >= 15 is 0 Å². The largest absolute Gasteiger partial charge is 0.609 e. The number of hydrogen-bond donors (Lipinski definition) is 1. The average Bonchev–Trinajstić information content (AvgIpc) is 2.98. The Morgan fingerprint density at radius 2 is 1.62 bits per heavy atom. The highest BCUT2D eigenvalue weighted by Gasteiger charge is 2.69. The molecule has 2 rings (SSSR count). The number of benzene rings is 1. The van der Waals surface area contributed by atoms with Gasteiger partial charge in [-0.3, -0.25) is 4.79 Å². The smallest absolute Gasteiger partial charge is 0.369 e. The van der Waals surface area contributed by atoms with Gasteiger partial charge in [0.05, 0.1) is 5.41 Å². The number of carbonyl (C=O) groups excluding carboxylic acids is 1. The monoisotopic (exact) mass is 450 g/mol. The minimum atomic E-state index is -4.76. The van der Waals surface area contributed by atoms with E-state index in [2.05, 4.69) is 27.5 Å². The highest BCUT2D eigenvalue weighted by Crippen LogP contribution is 2.41. The normalized spacial score (nSPS) is 16.9. The Bertz CT molecular complexity index is 589. The molecule has 134 valence electrons. The maximum Gasteiger partial charge on any atom is 0.609 e. The van der Waals surface area contributed by atoms with Crippen molar-refractivity contribution in [3.05, 3.63) is 34.3 Å². The maximum atomic E-state index is 11.6. The Morgan fingerprint density at radius 3 is 1.92 bits per heavy atom. The van der Waals surface area contributed by atoms with Gasteiger partial charge in [-0.15, -0.1) is 8.78 Å². The van der Waals surface area contributed by atoms with Crippen LogP contribution < -0.4 is 5.73 Å². The molecule has 24 heavy (non-hydrogen) atoms. The van der Waals surface area contributed by atoms with Gasteiger partial charge >= 0.3 is 22.3 Å². The Balaban J connectivity index is 0.000000277. The molecule has 0 radical (unpaired) electrons. The van der Waals surface area contributed by atoms with Crippen molar-refractivity contribution < 1.29 is 26.6 Å². The highest BCUT2D eigenvalue weighted by molar-refractivity contribution is 9.10. The molecule has 0 bridgehead atoms. The minimum absolute atomic E-state index is 0.178. The first-order valence-electron chi connectivity index (χ1n) is 6.78. The van der Waals surface area contributed by atoms with Gasteiger partial charge in [0.15, 0.2) is 0 Å². The van der Waals surface area contributed by atoms with Gasteiger partial charge in [0.1, 0.15) is 0 Å². The molecule has 3 nitrogen and oxygen atoms in total. The van der Waals surface area contributed by atoms with E-state index in [1.807, 2.05) is 24.3 Å². The van der Waals surface area contributed by atoms with Crippen LogP contribution in [0, 0.1) is 0 Å². The van der Waals surface area contributed by atoms with E-state index < -0.39 is 27.7 Å². The topological polar surface area (TPSA) is 60.2 Å². The molecule has 0 aliphatic heterocycles. The van der Waals surface area contributed by atoms with Crippen LogP contribution >= 0.6 is 27.5 Å². The Kier molecular flexibility index (Phi) is 7.13. The Morgan fingerprint density at radius 1 is 1.17 bits per heavy atom. The fraction of sp³-hybridized carbons (Fsp3) is 0.500. The molecular weight excluding hydrogens is 438 g/mol. The lowest BCUT2D eigenvalue weighted by Gasteiger charge is -2.25. The third-order valence-corrected chi connectivity index (χ3v) is 5.10. The fourth-order valence-electron chi connectivity index (χ4n) is 2.47. The van der Waals surface area contributed by atoms with Gasteiger partial charge in [0, 0.05) is 8.68 Å². The molecule has 0 atom stereocenters. The number of amides is 1.